The Hall–Kier alpha value is -1.39. The van der Waals surface area contributed by atoms with Gasteiger partial charge in [-0.25, -0.2) is 5.43 Å². The molecule has 0 aliphatic carbocycles. The number of nitrogens with two attached hydrogens (primary N) is 1. The summed E-state index contributed by atoms with van der Waals surface area (Å²) in [6.07, 6.45) is 0. The third-order valence-corrected chi connectivity index (χ3v) is 4.38. The number of hydrogen-bond acceptors (Lipinski definition) is 3. The summed E-state index contributed by atoms with van der Waals surface area (Å²) in [5.74, 6) is 5.76. The van der Waals surface area contributed by atoms with Gasteiger partial charge in [-0.15, -0.1) is 11.3 Å². The topological polar surface area (TPSA) is 38.0 Å². The SMILES string of the molecule is NNC(c1cccc(Cl)c1)c1cccc2ccsc12. The number of benzene rings is 2. The molecule has 0 amide bonds. The number of hydrazine groups is 1. The number of rotatable bonds is 3. The number of nitrogens with one attached hydrogen (secondary N) is 1. The molecule has 3 aromatic rings. The van der Waals surface area contributed by atoms with Crippen molar-refractivity contribution < 1.29 is 0 Å². The van der Waals surface area contributed by atoms with E-state index in [4.69, 9.17) is 17.4 Å². The van der Waals surface area contributed by atoms with Crippen molar-refractivity contribution >= 4 is 33.0 Å². The fraction of sp³-hybridized carbons (Fsp3) is 0.0667. The second kappa shape index (κ2) is 5.31. The number of hydrogen-bond donors (Lipinski definition) is 2. The first-order valence-corrected chi connectivity index (χ1v) is 7.23. The molecule has 1 aromatic heterocycles. The summed E-state index contributed by atoms with van der Waals surface area (Å²) in [5.41, 5.74) is 5.14. The first-order chi connectivity index (χ1) is 9.29. The van der Waals surface area contributed by atoms with Crippen LogP contribution in [0.4, 0.5) is 0 Å². The molecule has 1 unspecified atom stereocenters. The number of fused-ring (bicyclic) bond motifs is 1. The summed E-state index contributed by atoms with van der Waals surface area (Å²) in [5, 5.41) is 4.06. The molecule has 3 N–H and O–H groups in total. The van der Waals surface area contributed by atoms with Gasteiger partial charge in [-0.3, -0.25) is 5.84 Å². The van der Waals surface area contributed by atoms with Crippen LogP contribution in [-0.2, 0) is 0 Å². The average molecular weight is 289 g/mol. The van der Waals surface area contributed by atoms with Crippen molar-refractivity contribution in [2.24, 2.45) is 5.84 Å². The molecular weight excluding hydrogens is 276 g/mol. The van der Waals surface area contributed by atoms with Crippen molar-refractivity contribution in [3.8, 4) is 0 Å². The molecule has 0 bridgehead atoms. The van der Waals surface area contributed by atoms with Gasteiger partial charge in [-0.1, -0.05) is 41.9 Å². The fourth-order valence-electron chi connectivity index (χ4n) is 2.30. The standard InChI is InChI=1S/C15H13ClN2S/c16-12-5-1-4-11(9-12)14(18-17)13-6-2-3-10-7-8-19-15(10)13/h1-9,14,18H,17H2. The molecule has 1 heterocycles. The van der Waals surface area contributed by atoms with Gasteiger partial charge in [-0.05, 0) is 40.1 Å². The summed E-state index contributed by atoms with van der Waals surface area (Å²) >= 11 is 7.79. The zero-order valence-corrected chi connectivity index (χ0v) is 11.7. The number of thiophene rings is 1. The van der Waals surface area contributed by atoms with Crippen LogP contribution in [0.5, 0.6) is 0 Å². The summed E-state index contributed by atoms with van der Waals surface area (Å²) in [6, 6.07) is 16.1. The molecule has 0 radical (unpaired) electrons. The second-order valence-electron chi connectivity index (χ2n) is 4.34. The van der Waals surface area contributed by atoms with Crippen LogP contribution in [0.15, 0.2) is 53.9 Å². The molecule has 0 saturated carbocycles. The molecule has 3 rings (SSSR count). The molecule has 96 valence electrons. The highest BCUT2D eigenvalue weighted by Crippen LogP contribution is 2.32. The fourth-order valence-corrected chi connectivity index (χ4v) is 3.44. The van der Waals surface area contributed by atoms with Crippen LogP contribution in [0.2, 0.25) is 5.02 Å². The quantitative estimate of drug-likeness (QED) is 0.562. The van der Waals surface area contributed by atoms with Crippen LogP contribution < -0.4 is 11.3 Å². The van der Waals surface area contributed by atoms with Crippen molar-refractivity contribution in [1.82, 2.24) is 5.43 Å². The molecule has 2 aromatic carbocycles. The molecule has 0 aliphatic rings. The zero-order valence-electron chi connectivity index (χ0n) is 10.1. The predicted octanol–water partition coefficient (Wildman–Crippen LogP) is 4.11. The Bertz CT molecular complexity index is 708. The van der Waals surface area contributed by atoms with E-state index in [0.717, 1.165) is 10.6 Å². The first-order valence-electron chi connectivity index (χ1n) is 5.97. The van der Waals surface area contributed by atoms with E-state index in [1.54, 1.807) is 11.3 Å². The molecule has 0 aliphatic heterocycles. The van der Waals surface area contributed by atoms with E-state index in [1.807, 2.05) is 24.3 Å². The molecule has 0 fully saturated rings. The zero-order chi connectivity index (χ0) is 13.2. The minimum atomic E-state index is -0.0546. The Morgan fingerprint density at radius 1 is 1.11 bits per heavy atom. The molecule has 19 heavy (non-hydrogen) atoms. The maximum atomic E-state index is 6.06. The van der Waals surface area contributed by atoms with Gasteiger partial charge in [0.1, 0.15) is 0 Å². The van der Waals surface area contributed by atoms with Crippen molar-refractivity contribution in [3.63, 3.8) is 0 Å². The van der Waals surface area contributed by atoms with Gasteiger partial charge >= 0.3 is 0 Å². The second-order valence-corrected chi connectivity index (χ2v) is 5.69. The lowest BCUT2D eigenvalue weighted by Crippen LogP contribution is -2.28. The van der Waals surface area contributed by atoms with E-state index < -0.39 is 0 Å². The van der Waals surface area contributed by atoms with Crippen LogP contribution in [0.3, 0.4) is 0 Å². The van der Waals surface area contributed by atoms with E-state index in [2.05, 4.69) is 35.1 Å². The van der Waals surface area contributed by atoms with Crippen molar-refractivity contribution in [2.45, 2.75) is 6.04 Å². The molecule has 0 spiro atoms. The highest BCUT2D eigenvalue weighted by molar-refractivity contribution is 7.17. The molecule has 1 atom stereocenters. The van der Waals surface area contributed by atoms with Crippen LogP contribution in [0.25, 0.3) is 10.1 Å². The minimum absolute atomic E-state index is 0.0546. The van der Waals surface area contributed by atoms with Crippen LogP contribution in [0.1, 0.15) is 17.2 Å². The predicted molar refractivity (Wildman–Crippen MR) is 82.4 cm³/mol. The largest absolute Gasteiger partial charge is 0.271 e. The van der Waals surface area contributed by atoms with E-state index >= 15 is 0 Å². The van der Waals surface area contributed by atoms with Gasteiger partial charge < -0.3 is 0 Å². The van der Waals surface area contributed by atoms with Crippen LogP contribution in [-0.4, -0.2) is 0 Å². The lowest BCUT2D eigenvalue weighted by molar-refractivity contribution is 0.641. The maximum Gasteiger partial charge on any atom is 0.0724 e. The normalized spacial score (nSPS) is 12.7. The molecule has 4 heteroatoms. The van der Waals surface area contributed by atoms with Gasteiger partial charge in [0.2, 0.25) is 0 Å². The van der Waals surface area contributed by atoms with Gasteiger partial charge in [0.05, 0.1) is 6.04 Å². The summed E-state index contributed by atoms with van der Waals surface area (Å²) in [4.78, 5) is 0. The summed E-state index contributed by atoms with van der Waals surface area (Å²) < 4.78 is 1.26. The highest BCUT2D eigenvalue weighted by atomic mass is 35.5. The Labute approximate surface area is 120 Å². The van der Waals surface area contributed by atoms with E-state index in [0.29, 0.717) is 0 Å². The lowest BCUT2D eigenvalue weighted by Gasteiger charge is -2.18. The van der Waals surface area contributed by atoms with Crippen molar-refractivity contribution in [2.75, 3.05) is 0 Å². The third kappa shape index (κ3) is 2.38. The molecular formula is C15H13ClN2S. The minimum Gasteiger partial charge on any atom is -0.271 e. The van der Waals surface area contributed by atoms with E-state index in [-0.39, 0.29) is 6.04 Å². The smallest absolute Gasteiger partial charge is 0.0724 e. The Kier molecular flexibility index (Phi) is 3.53. The monoisotopic (exact) mass is 288 g/mol. The van der Waals surface area contributed by atoms with Gasteiger partial charge in [0.15, 0.2) is 0 Å². The maximum absolute atomic E-state index is 6.06. The summed E-state index contributed by atoms with van der Waals surface area (Å²) in [6.45, 7) is 0. The van der Waals surface area contributed by atoms with Gasteiger partial charge in [-0.2, -0.15) is 0 Å². The molecule has 0 saturated heterocycles. The van der Waals surface area contributed by atoms with E-state index in [9.17, 15) is 0 Å². The van der Waals surface area contributed by atoms with Crippen LogP contribution >= 0.6 is 22.9 Å². The lowest BCUT2D eigenvalue weighted by atomic mass is 9.98. The Morgan fingerprint density at radius 2 is 1.95 bits per heavy atom. The van der Waals surface area contributed by atoms with E-state index in [1.165, 1.54) is 15.6 Å². The average Bonchev–Trinajstić information content (AvgIpc) is 2.89. The number of halogens is 1. The Morgan fingerprint density at radius 3 is 2.74 bits per heavy atom. The van der Waals surface area contributed by atoms with Crippen LogP contribution in [0, 0.1) is 0 Å². The highest BCUT2D eigenvalue weighted by Gasteiger charge is 2.15. The van der Waals surface area contributed by atoms with Gasteiger partial charge in [0, 0.05) is 9.72 Å². The van der Waals surface area contributed by atoms with Gasteiger partial charge in [0.25, 0.3) is 0 Å². The molecule has 2 nitrogen and oxygen atoms in total. The van der Waals surface area contributed by atoms with Crippen molar-refractivity contribution in [1.29, 1.82) is 0 Å². The third-order valence-electron chi connectivity index (χ3n) is 3.17. The van der Waals surface area contributed by atoms with Crippen molar-refractivity contribution in [3.05, 3.63) is 70.1 Å². The summed E-state index contributed by atoms with van der Waals surface area (Å²) in [7, 11) is 0. The first kappa shape index (κ1) is 12.6. The Balaban J connectivity index is 2.14.